The minimum absolute atomic E-state index is 0.00415. The zero-order valence-corrected chi connectivity index (χ0v) is 14.6. The fraction of sp³-hybridized carbons (Fsp3) is 0.600. The molecule has 2 amide bonds. The Balaban J connectivity index is 1.44. The summed E-state index contributed by atoms with van der Waals surface area (Å²) in [6, 6.07) is 8.11. The molecule has 0 radical (unpaired) electrons. The lowest BCUT2D eigenvalue weighted by molar-refractivity contribution is -0.139. The highest BCUT2D eigenvalue weighted by Gasteiger charge is 2.60. The minimum Gasteiger partial charge on any atom is -0.362 e. The topological polar surface area (TPSA) is 70.2 Å². The van der Waals surface area contributed by atoms with Crippen LogP contribution >= 0.6 is 0 Å². The van der Waals surface area contributed by atoms with Crippen molar-refractivity contribution in [2.24, 2.45) is 17.3 Å². The predicted molar refractivity (Wildman–Crippen MR) is 95.0 cm³/mol. The van der Waals surface area contributed by atoms with Crippen molar-refractivity contribution in [2.75, 3.05) is 5.32 Å². The highest BCUT2D eigenvalue weighted by atomic mass is 16.2. The molecule has 2 bridgehead atoms. The fourth-order valence-electron chi connectivity index (χ4n) is 5.38. The summed E-state index contributed by atoms with van der Waals surface area (Å²) < 4.78 is 0. The van der Waals surface area contributed by atoms with E-state index in [1.807, 2.05) is 24.3 Å². The molecule has 0 aromatic heterocycles. The van der Waals surface area contributed by atoms with Crippen molar-refractivity contribution in [2.45, 2.75) is 57.2 Å². The molecule has 3 unspecified atom stereocenters. The molecule has 1 aromatic rings. The second-order valence-corrected chi connectivity index (χ2v) is 8.73. The molecule has 4 aliphatic carbocycles. The quantitative estimate of drug-likeness (QED) is 0.776. The number of hydrogen-bond acceptors (Lipinski definition) is 3. The van der Waals surface area contributed by atoms with E-state index in [9.17, 15) is 9.59 Å². The fourth-order valence-corrected chi connectivity index (χ4v) is 5.38. The van der Waals surface area contributed by atoms with Crippen LogP contribution in [0.15, 0.2) is 24.3 Å². The number of carbonyl (C=O) groups excluding carboxylic acids is 2. The monoisotopic (exact) mass is 339 g/mol. The van der Waals surface area contributed by atoms with Crippen LogP contribution in [0.4, 0.5) is 5.69 Å². The third-order valence-corrected chi connectivity index (χ3v) is 6.91. The maximum atomic E-state index is 12.8. The summed E-state index contributed by atoms with van der Waals surface area (Å²) in [5, 5.41) is 10.1. The summed E-state index contributed by atoms with van der Waals surface area (Å²) in [5.41, 5.74) is 1.15. The molecule has 1 aromatic carbocycles. The molecule has 6 rings (SSSR count). The highest BCUT2D eigenvalue weighted by molar-refractivity contribution is 6.02. The van der Waals surface area contributed by atoms with Crippen LogP contribution < -0.4 is 16.0 Å². The summed E-state index contributed by atoms with van der Waals surface area (Å²) in [4.78, 5) is 25.4. The Morgan fingerprint density at radius 2 is 2.00 bits per heavy atom. The van der Waals surface area contributed by atoms with Gasteiger partial charge in [-0.1, -0.05) is 19.1 Å². The van der Waals surface area contributed by atoms with Crippen LogP contribution in [-0.2, 0) is 4.79 Å². The molecule has 1 aliphatic heterocycles. The van der Waals surface area contributed by atoms with E-state index >= 15 is 0 Å². The van der Waals surface area contributed by atoms with E-state index in [1.165, 1.54) is 0 Å². The molecule has 4 saturated carbocycles. The van der Waals surface area contributed by atoms with Crippen molar-refractivity contribution in [3.05, 3.63) is 29.8 Å². The van der Waals surface area contributed by atoms with Crippen LogP contribution in [0, 0.1) is 17.3 Å². The van der Waals surface area contributed by atoms with Gasteiger partial charge >= 0.3 is 0 Å². The SMILES string of the molecule is CC12CCC(CC1C(=O)NC1CC1)[C@]1(C2)NC(=O)c2ccccc2N1. The van der Waals surface area contributed by atoms with Gasteiger partial charge in [0.15, 0.2) is 0 Å². The number of amides is 2. The number of para-hydroxylation sites is 1. The standard InChI is InChI=1S/C20H25N3O2/c1-19-9-8-12(10-15(19)18(25)21-13-6-7-13)20(11-19)22-16-5-3-2-4-14(16)17(24)23-20/h2-5,12-13,15,22H,6-11H2,1H3,(H,21,25)(H,23,24)/t12?,15?,19?,20-/m0/s1. The van der Waals surface area contributed by atoms with Gasteiger partial charge in [-0.2, -0.15) is 0 Å². The van der Waals surface area contributed by atoms with Crippen LogP contribution in [0.2, 0.25) is 0 Å². The molecule has 4 fully saturated rings. The molecule has 25 heavy (non-hydrogen) atoms. The van der Waals surface area contributed by atoms with E-state index in [-0.39, 0.29) is 23.1 Å². The molecule has 132 valence electrons. The summed E-state index contributed by atoms with van der Waals surface area (Å²) in [6.45, 7) is 2.23. The first-order valence-electron chi connectivity index (χ1n) is 9.49. The van der Waals surface area contributed by atoms with Crippen LogP contribution in [0.1, 0.15) is 55.8 Å². The van der Waals surface area contributed by atoms with Crippen LogP contribution in [0.25, 0.3) is 0 Å². The molecule has 3 N–H and O–H groups in total. The zero-order valence-electron chi connectivity index (χ0n) is 14.6. The first-order valence-corrected chi connectivity index (χ1v) is 9.49. The second-order valence-electron chi connectivity index (χ2n) is 8.73. The number of rotatable bonds is 2. The molecule has 1 spiro atoms. The van der Waals surface area contributed by atoms with Crippen molar-refractivity contribution in [1.29, 1.82) is 0 Å². The van der Waals surface area contributed by atoms with Gasteiger partial charge in [0.1, 0.15) is 5.66 Å². The Hall–Kier alpha value is -2.04. The molecule has 1 heterocycles. The first-order chi connectivity index (χ1) is 12.0. The van der Waals surface area contributed by atoms with E-state index in [4.69, 9.17) is 0 Å². The molecular weight excluding hydrogens is 314 g/mol. The van der Waals surface area contributed by atoms with Gasteiger partial charge in [-0.25, -0.2) is 0 Å². The minimum atomic E-state index is -0.408. The van der Waals surface area contributed by atoms with E-state index in [1.54, 1.807) is 0 Å². The van der Waals surface area contributed by atoms with Crippen molar-refractivity contribution in [1.82, 2.24) is 10.6 Å². The third kappa shape index (κ3) is 2.28. The van der Waals surface area contributed by atoms with Gasteiger partial charge in [-0.15, -0.1) is 0 Å². The number of benzene rings is 1. The lowest BCUT2D eigenvalue weighted by Crippen LogP contribution is -2.70. The molecule has 4 atom stereocenters. The van der Waals surface area contributed by atoms with E-state index in [2.05, 4.69) is 22.9 Å². The molecular formula is C20H25N3O2. The van der Waals surface area contributed by atoms with Gasteiger partial charge in [0.2, 0.25) is 5.91 Å². The summed E-state index contributed by atoms with van der Waals surface area (Å²) in [7, 11) is 0. The number of hydrogen-bond donors (Lipinski definition) is 3. The Bertz CT molecular complexity index is 759. The number of anilines is 1. The van der Waals surface area contributed by atoms with E-state index in [0.717, 1.165) is 44.2 Å². The smallest absolute Gasteiger partial charge is 0.255 e. The van der Waals surface area contributed by atoms with Crippen molar-refractivity contribution in [3.63, 3.8) is 0 Å². The van der Waals surface area contributed by atoms with E-state index in [0.29, 0.717) is 17.5 Å². The normalized spacial score (nSPS) is 38.7. The van der Waals surface area contributed by atoms with Crippen LogP contribution in [0.5, 0.6) is 0 Å². The summed E-state index contributed by atoms with van der Waals surface area (Å²) >= 11 is 0. The number of carbonyl (C=O) groups is 2. The Labute approximate surface area is 147 Å². The maximum absolute atomic E-state index is 12.8. The Kier molecular flexibility index (Phi) is 3.04. The first kappa shape index (κ1) is 15.2. The van der Waals surface area contributed by atoms with Crippen LogP contribution in [0.3, 0.4) is 0 Å². The highest BCUT2D eigenvalue weighted by Crippen LogP contribution is 2.58. The van der Waals surface area contributed by atoms with Gasteiger partial charge in [-0.3, -0.25) is 9.59 Å². The largest absolute Gasteiger partial charge is 0.362 e. The van der Waals surface area contributed by atoms with Gasteiger partial charge in [0.25, 0.3) is 5.91 Å². The van der Waals surface area contributed by atoms with Gasteiger partial charge < -0.3 is 16.0 Å². The number of fused-ring (bicyclic) bond motifs is 3. The Morgan fingerprint density at radius 1 is 1.20 bits per heavy atom. The van der Waals surface area contributed by atoms with Gasteiger partial charge in [0.05, 0.1) is 5.56 Å². The maximum Gasteiger partial charge on any atom is 0.255 e. The third-order valence-electron chi connectivity index (χ3n) is 6.91. The zero-order chi connectivity index (χ0) is 17.2. The second kappa shape index (κ2) is 4.99. The predicted octanol–water partition coefficient (Wildman–Crippen LogP) is 2.64. The lowest BCUT2D eigenvalue weighted by atomic mass is 9.51. The average molecular weight is 339 g/mol. The number of nitrogens with one attached hydrogen (secondary N) is 3. The van der Waals surface area contributed by atoms with Crippen molar-refractivity contribution in [3.8, 4) is 0 Å². The van der Waals surface area contributed by atoms with Gasteiger partial charge in [-0.05, 0) is 56.1 Å². The Morgan fingerprint density at radius 3 is 2.76 bits per heavy atom. The molecule has 5 heteroatoms. The summed E-state index contributed by atoms with van der Waals surface area (Å²) in [5.74, 6) is 0.589. The lowest BCUT2D eigenvalue weighted by Gasteiger charge is -2.60. The molecule has 5 aliphatic rings. The van der Waals surface area contributed by atoms with Crippen molar-refractivity contribution < 1.29 is 9.59 Å². The molecule has 5 nitrogen and oxygen atoms in total. The van der Waals surface area contributed by atoms with Crippen molar-refractivity contribution >= 4 is 17.5 Å². The average Bonchev–Trinajstić information content (AvgIpc) is 3.38. The molecule has 0 saturated heterocycles. The van der Waals surface area contributed by atoms with Crippen LogP contribution in [-0.4, -0.2) is 23.5 Å². The van der Waals surface area contributed by atoms with Gasteiger partial charge in [0, 0.05) is 23.6 Å². The summed E-state index contributed by atoms with van der Waals surface area (Å²) in [6.07, 6.45) is 6.02. The van der Waals surface area contributed by atoms with E-state index < -0.39 is 5.66 Å².